The van der Waals surface area contributed by atoms with Crippen LogP contribution < -0.4 is 10.6 Å². The smallest absolute Gasteiger partial charge is 0.314 e. The van der Waals surface area contributed by atoms with E-state index in [1.54, 1.807) is 0 Å². The third-order valence-corrected chi connectivity index (χ3v) is 5.58. The van der Waals surface area contributed by atoms with Crippen LogP contribution in [0.3, 0.4) is 0 Å². The summed E-state index contributed by atoms with van der Waals surface area (Å²) in [7, 11) is -2.85. The van der Waals surface area contributed by atoms with E-state index >= 15 is 0 Å². The highest BCUT2D eigenvalue weighted by Crippen LogP contribution is 2.19. The largest absolute Gasteiger partial charge is 0.338 e. The molecule has 0 bridgehead atoms. The van der Waals surface area contributed by atoms with Gasteiger partial charge < -0.3 is 10.6 Å². The molecule has 19 heavy (non-hydrogen) atoms. The molecule has 1 fully saturated rings. The maximum atomic E-state index is 11.5. The molecule has 2 aliphatic rings. The Balaban J connectivity index is 1.57. The first-order chi connectivity index (χ1) is 9.05. The van der Waals surface area contributed by atoms with E-state index in [9.17, 15) is 13.2 Å². The number of hydrogen-bond donors (Lipinski definition) is 2. The summed E-state index contributed by atoms with van der Waals surface area (Å²) in [6.07, 6.45) is 7.39. The zero-order valence-corrected chi connectivity index (χ0v) is 12.0. The lowest BCUT2D eigenvalue weighted by Gasteiger charge is -2.11. The molecular weight excluding hydrogens is 264 g/mol. The number of sulfone groups is 1. The van der Waals surface area contributed by atoms with Gasteiger partial charge in [-0.05, 0) is 38.0 Å². The lowest BCUT2D eigenvalue weighted by atomic mass is 10.1. The Morgan fingerprint density at radius 2 is 2.21 bits per heavy atom. The van der Waals surface area contributed by atoms with Crippen LogP contribution in [0.1, 0.15) is 32.1 Å². The van der Waals surface area contributed by atoms with Crippen molar-refractivity contribution in [2.45, 2.75) is 32.1 Å². The standard InChI is InChI=1S/C13H22N2O3S/c16-13(14-7-5-11-3-1-2-4-11)15-9-12-6-8-19(17,18)10-12/h3,12H,1-2,4-10H2,(H2,14,15,16)/t12-/m1/s1. The van der Waals surface area contributed by atoms with Crippen molar-refractivity contribution in [3.63, 3.8) is 0 Å². The van der Waals surface area contributed by atoms with Gasteiger partial charge in [0, 0.05) is 13.1 Å². The lowest BCUT2D eigenvalue weighted by molar-refractivity contribution is 0.239. The van der Waals surface area contributed by atoms with Gasteiger partial charge in [-0.2, -0.15) is 0 Å². The molecule has 6 heteroatoms. The molecular formula is C13H22N2O3S. The SMILES string of the molecule is O=C(NCCC1=CCCC1)NC[C@H]1CCS(=O)(=O)C1. The Labute approximate surface area is 114 Å². The predicted octanol–water partition coefficient (Wildman–Crippen LogP) is 1.22. The van der Waals surface area contributed by atoms with Gasteiger partial charge in [0.15, 0.2) is 9.84 Å². The number of allylic oxidation sites excluding steroid dienone is 1. The summed E-state index contributed by atoms with van der Waals surface area (Å²) in [6, 6.07) is -0.192. The number of carbonyl (C=O) groups is 1. The Bertz CT molecular complexity index is 457. The van der Waals surface area contributed by atoms with Crippen LogP contribution in [0.5, 0.6) is 0 Å². The van der Waals surface area contributed by atoms with Gasteiger partial charge in [-0.15, -0.1) is 0 Å². The number of amides is 2. The van der Waals surface area contributed by atoms with E-state index < -0.39 is 9.84 Å². The molecule has 1 heterocycles. The maximum absolute atomic E-state index is 11.5. The second kappa shape index (κ2) is 6.41. The summed E-state index contributed by atoms with van der Waals surface area (Å²) < 4.78 is 22.5. The van der Waals surface area contributed by atoms with Gasteiger partial charge in [-0.3, -0.25) is 0 Å². The van der Waals surface area contributed by atoms with Crippen LogP contribution in [0.15, 0.2) is 11.6 Å². The van der Waals surface area contributed by atoms with Crippen LogP contribution in [0.2, 0.25) is 0 Å². The summed E-state index contributed by atoms with van der Waals surface area (Å²) >= 11 is 0. The van der Waals surface area contributed by atoms with Crippen molar-refractivity contribution < 1.29 is 13.2 Å². The highest BCUT2D eigenvalue weighted by molar-refractivity contribution is 7.91. The molecule has 0 radical (unpaired) electrons. The lowest BCUT2D eigenvalue weighted by Crippen LogP contribution is -2.39. The quantitative estimate of drug-likeness (QED) is 0.746. The molecule has 0 unspecified atom stereocenters. The summed E-state index contributed by atoms with van der Waals surface area (Å²) in [4.78, 5) is 11.5. The van der Waals surface area contributed by atoms with E-state index in [0.717, 1.165) is 19.3 Å². The average molecular weight is 286 g/mol. The van der Waals surface area contributed by atoms with Crippen LogP contribution in [-0.4, -0.2) is 39.0 Å². The molecule has 2 amide bonds. The Morgan fingerprint density at radius 1 is 1.37 bits per heavy atom. The van der Waals surface area contributed by atoms with E-state index in [2.05, 4.69) is 16.7 Å². The molecule has 0 aromatic carbocycles. The van der Waals surface area contributed by atoms with Crippen LogP contribution in [0.4, 0.5) is 4.79 Å². The van der Waals surface area contributed by atoms with Crippen LogP contribution in [-0.2, 0) is 9.84 Å². The summed E-state index contributed by atoms with van der Waals surface area (Å²) in [6.45, 7) is 1.11. The molecule has 2 rings (SSSR count). The molecule has 1 atom stereocenters. The number of rotatable bonds is 5. The summed E-state index contributed by atoms with van der Waals surface area (Å²) in [5, 5.41) is 5.57. The zero-order chi connectivity index (χ0) is 13.7. The third kappa shape index (κ3) is 4.86. The Hall–Kier alpha value is -1.04. The first-order valence-electron chi connectivity index (χ1n) is 6.95. The number of nitrogens with one attached hydrogen (secondary N) is 2. The molecule has 1 aliphatic heterocycles. The molecule has 2 N–H and O–H groups in total. The number of hydrogen-bond acceptors (Lipinski definition) is 3. The van der Waals surface area contributed by atoms with Crippen LogP contribution >= 0.6 is 0 Å². The molecule has 1 aliphatic carbocycles. The van der Waals surface area contributed by atoms with E-state index in [4.69, 9.17) is 0 Å². The van der Waals surface area contributed by atoms with Crippen molar-refractivity contribution in [2.24, 2.45) is 5.92 Å². The van der Waals surface area contributed by atoms with Crippen molar-refractivity contribution in [2.75, 3.05) is 24.6 Å². The average Bonchev–Trinajstić information content (AvgIpc) is 2.96. The van der Waals surface area contributed by atoms with Crippen LogP contribution in [0.25, 0.3) is 0 Å². The van der Waals surface area contributed by atoms with Crippen molar-refractivity contribution in [3.05, 3.63) is 11.6 Å². The first-order valence-corrected chi connectivity index (χ1v) is 8.77. The van der Waals surface area contributed by atoms with Crippen molar-refractivity contribution in [1.82, 2.24) is 10.6 Å². The predicted molar refractivity (Wildman–Crippen MR) is 74.7 cm³/mol. The zero-order valence-electron chi connectivity index (χ0n) is 11.2. The summed E-state index contributed by atoms with van der Waals surface area (Å²) in [5.74, 6) is 0.545. The number of urea groups is 1. The Morgan fingerprint density at radius 3 is 2.84 bits per heavy atom. The Kier molecular flexibility index (Phi) is 4.85. The molecule has 0 aromatic rings. The minimum absolute atomic E-state index is 0.0771. The fourth-order valence-electron chi connectivity index (χ4n) is 2.63. The maximum Gasteiger partial charge on any atom is 0.314 e. The van der Waals surface area contributed by atoms with Gasteiger partial charge in [0.05, 0.1) is 11.5 Å². The molecule has 5 nitrogen and oxygen atoms in total. The van der Waals surface area contributed by atoms with Crippen LogP contribution in [0, 0.1) is 5.92 Å². The van der Waals surface area contributed by atoms with Gasteiger partial charge in [0.2, 0.25) is 0 Å². The normalized spacial score (nSPS) is 25.1. The fraction of sp³-hybridized carbons (Fsp3) is 0.769. The summed E-state index contributed by atoms with van der Waals surface area (Å²) in [5.41, 5.74) is 1.43. The minimum Gasteiger partial charge on any atom is -0.338 e. The van der Waals surface area contributed by atoms with Gasteiger partial charge in [-0.25, -0.2) is 13.2 Å². The van der Waals surface area contributed by atoms with Gasteiger partial charge in [0.1, 0.15) is 0 Å². The van der Waals surface area contributed by atoms with Gasteiger partial charge in [0.25, 0.3) is 0 Å². The topological polar surface area (TPSA) is 75.3 Å². The van der Waals surface area contributed by atoms with E-state index in [-0.39, 0.29) is 23.5 Å². The molecule has 0 saturated carbocycles. The minimum atomic E-state index is -2.85. The molecule has 0 spiro atoms. The second-order valence-corrected chi connectivity index (χ2v) is 7.64. The number of carbonyl (C=O) groups excluding carboxylic acids is 1. The van der Waals surface area contributed by atoms with E-state index in [0.29, 0.717) is 19.5 Å². The monoisotopic (exact) mass is 286 g/mol. The molecule has 108 valence electrons. The van der Waals surface area contributed by atoms with E-state index in [1.165, 1.54) is 12.0 Å². The van der Waals surface area contributed by atoms with Gasteiger partial charge >= 0.3 is 6.03 Å². The molecule has 0 aromatic heterocycles. The third-order valence-electron chi connectivity index (χ3n) is 3.74. The van der Waals surface area contributed by atoms with Gasteiger partial charge in [-0.1, -0.05) is 11.6 Å². The first kappa shape index (κ1) is 14.4. The van der Waals surface area contributed by atoms with Crippen molar-refractivity contribution >= 4 is 15.9 Å². The highest BCUT2D eigenvalue weighted by Gasteiger charge is 2.27. The van der Waals surface area contributed by atoms with Crippen molar-refractivity contribution in [1.29, 1.82) is 0 Å². The van der Waals surface area contributed by atoms with Crippen molar-refractivity contribution in [3.8, 4) is 0 Å². The second-order valence-electron chi connectivity index (χ2n) is 5.41. The highest BCUT2D eigenvalue weighted by atomic mass is 32.2. The molecule has 1 saturated heterocycles. The van der Waals surface area contributed by atoms with E-state index in [1.807, 2.05) is 0 Å². The fourth-order valence-corrected chi connectivity index (χ4v) is 4.50.